The highest BCUT2D eigenvalue weighted by Crippen LogP contribution is 2.33. The quantitative estimate of drug-likeness (QED) is 0.821. The van der Waals surface area contributed by atoms with Crippen molar-refractivity contribution >= 4 is 23.2 Å². The number of benzene rings is 1. The van der Waals surface area contributed by atoms with Crippen molar-refractivity contribution in [3.8, 4) is 0 Å². The van der Waals surface area contributed by atoms with E-state index in [1.54, 1.807) is 6.07 Å². The Labute approximate surface area is 143 Å². The summed E-state index contributed by atoms with van der Waals surface area (Å²) in [6.45, 7) is 7.37. The van der Waals surface area contributed by atoms with Gasteiger partial charge in [0.25, 0.3) is 5.91 Å². The molecule has 0 radical (unpaired) electrons. The van der Waals surface area contributed by atoms with Crippen molar-refractivity contribution in [1.82, 2.24) is 4.90 Å². The van der Waals surface area contributed by atoms with Gasteiger partial charge in [0.05, 0.1) is 11.4 Å². The zero-order valence-corrected chi connectivity index (χ0v) is 14.8. The van der Waals surface area contributed by atoms with Crippen LogP contribution in [0.3, 0.4) is 0 Å². The largest absolute Gasteiger partial charge is 0.361 e. The molecule has 24 heavy (non-hydrogen) atoms. The van der Waals surface area contributed by atoms with E-state index in [0.717, 1.165) is 12.1 Å². The second kappa shape index (κ2) is 5.77. The lowest BCUT2D eigenvalue weighted by atomic mass is 9.79. The maximum Gasteiger partial charge on any atom is 0.253 e. The number of carbonyl (C=O) groups is 2. The fourth-order valence-electron chi connectivity index (χ4n) is 3.43. The van der Waals surface area contributed by atoms with Gasteiger partial charge in [0, 0.05) is 31.7 Å². The van der Waals surface area contributed by atoms with Gasteiger partial charge in [-0.3, -0.25) is 9.59 Å². The van der Waals surface area contributed by atoms with Gasteiger partial charge in [-0.15, -0.1) is 0 Å². The zero-order chi connectivity index (χ0) is 17.6. The summed E-state index contributed by atoms with van der Waals surface area (Å²) < 4.78 is 0. The Balaban J connectivity index is 1.85. The molecular weight excluding hydrogens is 304 g/mol. The molecule has 1 saturated heterocycles. The molecule has 0 bridgehead atoms. The Bertz CT molecular complexity index is 686. The summed E-state index contributed by atoms with van der Waals surface area (Å²) in [6, 6.07) is 5.41. The van der Waals surface area contributed by atoms with E-state index in [0.29, 0.717) is 24.3 Å². The molecule has 2 unspecified atom stereocenters. The lowest BCUT2D eigenvalue weighted by molar-refractivity contribution is -0.117. The number of anilines is 2. The highest BCUT2D eigenvalue weighted by Gasteiger charge is 2.36. The number of piperidine rings is 1. The number of amides is 2. The van der Waals surface area contributed by atoms with Crippen molar-refractivity contribution in [1.29, 1.82) is 0 Å². The van der Waals surface area contributed by atoms with Gasteiger partial charge in [-0.1, -0.05) is 13.8 Å². The van der Waals surface area contributed by atoms with E-state index in [4.69, 9.17) is 5.73 Å². The summed E-state index contributed by atoms with van der Waals surface area (Å²) in [6.07, 6.45) is 0.806. The molecule has 2 aliphatic heterocycles. The molecule has 6 heteroatoms. The van der Waals surface area contributed by atoms with Crippen molar-refractivity contribution in [2.45, 2.75) is 39.3 Å². The fourth-order valence-corrected chi connectivity index (χ4v) is 3.43. The van der Waals surface area contributed by atoms with E-state index in [2.05, 4.69) is 19.2 Å². The number of hydrogen-bond acceptors (Lipinski definition) is 4. The van der Waals surface area contributed by atoms with Gasteiger partial charge in [0.2, 0.25) is 5.91 Å². The number of rotatable bonds is 1. The van der Waals surface area contributed by atoms with Crippen molar-refractivity contribution < 1.29 is 9.59 Å². The number of fused-ring (bicyclic) bond motifs is 1. The van der Waals surface area contributed by atoms with Crippen LogP contribution in [0, 0.1) is 5.41 Å². The number of nitrogens with two attached hydrogens (primary N) is 1. The maximum atomic E-state index is 12.9. The summed E-state index contributed by atoms with van der Waals surface area (Å²) in [5.41, 5.74) is 8.29. The molecule has 2 aliphatic rings. The minimum absolute atomic E-state index is 0.00620. The van der Waals surface area contributed by atoms with Gasteiger partial charge in [-0.2, -0.15) is 0 Å². The van der Waals surface area contributed by atoms with Gasteiger partial charge < -0.3 is 20.9 Å². The third-order valence-electron chi connectivity index (χ3n) is 5.44. The molecule has 3 N–H and O–H groups in total. The van der Waals surface area contributed by atoms with E-state index in [-0.39, 0.29) is 29.3 Å². The molecule has 0 aliphatic carbocycles. The minimum Gasteiger partial charge on any atom is -0.361 e. The molecule has 1 fully saturated rings. The second-order valence-electron chi connectivity index (χ2n) is 7.62. The lowest BCUT2D eigenvalue weighted by Crippen LogP contribution is -2.54. The first-order valence-corrected chi connectivity index (χ1v) is 8.43. The van der Waals surface area contributed by atoms with E-state index in [9.17, 15) is 9.59 Å². The summed E-state index contributed by atoms with van der Waals surface area (Å²) in [5, 5.41) is 2.89. The van der Waals surface area contributed by atoms with Crippen LogP contribution in [-0.2, 0) is 4.79 Å². The molecule has 2 heterocycles. The monoisotopic (exact) mass is 330 g/mol. The predicted molar refractivity (Wildman–Crippen MR) is 95.2 cm³/mol. The van der Waals surface area contributed by atoms with Gasteiger partial charge in [0.15, 0.2) is 0 Å². The summed E-state index contributed by atoms with van der Waals surface area (Å²) in [5.74, 6) is -0.0621. The van der Waals surface area contributed by atoms with Crippen molar-refractivity contribution in [2.24, 2.45) is 11.1 Å². The van der Waals surface area contributed by atoms with Crippen LogP contribution in [0.1, 0.15) is 37.6 Å². The normalized spacial score (nSPS) is 26.0. The number of nitrogens with zero attached hydrogens (tertiary/aromatic N) is 2. The third kappa shape index (κ3) is 2.75. The molecule has 0 aromatic heterocycles. The molecule has 1 aromatic carbocycles. The maximum absolute atomic E-state index is 12.9. The zero-order valence-electron chi connectivity index (χ0n) is 14.8. The van der Waals surface area contributed by atoms with Crippen molar-refractivity contribution in [3.63, 3.8) is 0 Å². The summed E-state index contributed by atoms with van der Waals surface area (Å²) >= 11 is 0. The van der Waals surface area contributed by atoms with Crippen LogP contribution in [0.25, 0.3) is 0 Å². The smallest absolute Gasteiger partial charge is 0.253 e. The first-order valence-electron chi connectivity index (χ1n) is 8.43. The number of likely N-dealkylation sites (tertiary alicyclic amines) is 1. The topological polar surface area (TPSA) is 78.7 Å². The standard InChI is InChI=1S/C18H26N4O2/c1-11-16(23)20-13-9-12(5-6-14(13)21(11)4)17(24)22-8-7-15(19)18(2,3)10-22/h5-6,9,11,15H,7-8,10,19H2,1-4H3,(H,20,23). The summed E-state index contributed by atoms with van der Waals surface area (Å²) in [4.78, 5) is 28.7. The molecule has 2 amide bonds. The second-order valence-corrected chi connectivity index (χ2v) is 7.62. The van der Waals surface area contributed by atoms with Gasteiger partial charge in [0.1, 0.15) is 6.04 Å². The van der Waals surface area contributed by atoms with Crippen molar-refractivity contribution in [2.75, 3.05) is 30.4 Å². The van der Waals surface area contributed by atoms with Crippen LogP contribution >= 0.6 is 0 Å². The Hall–Kier alpha value is -2.08. The summed E-state index contributed by atoms with van der Waals surface area (Å²) in [7, 11) is 1.89. The molecule has 0 saturated carbocycles. The number of likely N-dealkylation sites (N-methyl/N-ethyl adjacent to an activating group) is 1. The molecule has 1 aromatic rings. The Kier molecular flexibility index (Phi) is 4.03. The Morgan fingerprint density at radius 3 is 2.75 bits per heavy atom. The fraction of sp³-hybridized carbons (Fsp3) is 0.556. The Morgan fingerprint density at radius 1 is 1.38 bits per heavy atom. The van der Waals surface area contributed by atoms with Crippen LogP contribution in [0.15, 0.2) is 18.2 Å². The minimum atomic E-state index is -0.219. The molecule has 3 rings (SSSR count). The SMILES string of the molecule is CC1C(=O)Nc2cc(C(=O)N3CCC(N)C(C)(C)C3)ccc2N1C. The third-order valence-corrected chi connectivity index (χ3v) is 5.44. The van der Waals surface area contributed by atoms with E-state index in [1.165, 1.54) is 0 Å². The number of carbonyl (C=O) groups excluding carboxylic acids is 2. The first kappa shape index (κ1) is 16.8. The highest BCUT2D eigenvalue weighted by atomic mass is 16.2. The van der Waals surface area contributed by atoms with Gasteiger partial charge in [-0.25, -0.2) is 0 Å². The van der Waals surface area contributed by atoms with Crippen LogP contribution in [0.4, 0.5) is 11.4 Å². The molecule has 0 spiro atoms. The van der Waals surface area contributed by atoms with Gasteiger partial charge >= 0.3 is 0 Å². The van der Waals surface area contributed by atoms with E-state index >= 15 is 0 Å². The van der Waals surface area contributed by atoms with Crippen LogP contribution in [-0.4, -0.2) is 48.9 Å². The van der Waals surface area contributed by atoms with E-state index in [1.807, 2.05) is 35.9 Å². The molecule has 130 valence electrons. The molecule has 2 atom stereocenters. The van der Waals surface area contributed by atoms with E-state index < -0.39 is 0 Å². The average molecular weight is 330 g/mol. The number of nitrogens with one attached hydrogen (secondary N) is 1. The van der Waals surface area contributed by atoms with Crippen LogP contribution in [0.5, 0.6) is 0 Å². The van der Waals surface area contributed by atoms with Crippen molar-refractivity contribution in [3.05, 3.63) is 23.8 Å². The molecule has 6 nitrogen and oxygen atoms in total. The number of hydrogen-bond donors (Lipinski definition) is 2. The van der Waals surface area contributed by atoms with Crippen LogP contribution < -0.4 is 16.0 Å². The predicted octanol–water partition coefficient (Wildman–Crippen LogP) is 1.66. The lowest BCUT2D eigenvalue weighted by Gasteiger charge is -2.42. The highest BCUT2D eigenvalue weighted by molar-refractivity contribution is 6.05. The van der Waals surface area contributed by atoms with Gasteiger partial charge in [-0.05, 0) is 37.0 Å². The first-order chi connectivity index (χ1) is 11.2. The molecular formula is C18H26N4O2. The average Bonchev–Trinajstić information content (AvgIpc) is 2.54. The van der Waals surface area contributed by atoms with Crippen LogP contribution in [0.2, 0.25) is 0 Å². The Morgan fingerprint density at radius 2 is 2.08 bits per heavy atom.